The fraction of sp³-hybridized carbons (Fsp3) is 0.316. The lowest BCUT2D eigenvalue weighted by atomic mass is 10.0. The molecule has 2 atom stereocenters. The average Bonchev–Trinajstić information content (AvgIpc) is 3.25. The van der Waals surface area contributed by atoms with Crippen LogP contribution in [0.25, 0.3) is 0 Å². The van der Waals surface area contributed by atoms with Gasteiger partial charge >= 0.3 is 5.97 Å². The van der Waals surface area contributed by atoms with Crippen LogP contribution < -0.4 is 5.32 Å². The van der Waals surface area contributed by atoms with Crippen molar-refractivity contribution in [3.05, 3.63) is 59.8 Å². The maximum atomic E-state index is 13.1. The Balaban J connectivity index is 1.65. The average molecular weight is 374 g/mol. The summed E-state index contributed by atoms with van der Waals surface area (Å²) >= 11 is 0. The van der Waals surface area contributed by atoms with Gasteiger partial charge in [0.05, 0.1) is 31.2 Å². The number of nitrogens with one attached hydrogen (secondary N) is 1. The van der Waals surface area contributed by atoms with Crippen LogP contribution in [0.5, 0.6) is 0 Å². The summed E-state index contributed by atoms with van der Waals surface area (Å²) in [5, 5.41) is 11.8. The highest BCUT2D eigenvalue weighted by molar-refractivity contribution is 5.89. The molecule has 27 heavy (non-hydrogen) atoms. The number of likely N-dealkylation sites (tertiary alicyclic amines) is 1. The number of carboxylic acids is 1. The predicted molar refractivity (Wildman–Crippen MR) is 91.8 cm³/mol. The molecule has 1 aliphatic rings. The van der Waals surface area contributed by atoms with E-state index in [0.717, 1.165) is 0 Å². The molecule has 2 heterocycles. The zero-order valence-electron chi connectivity index (χ0n) is 14.4. The first-order valence-corrected chi connectivity index (χ1v) is 8.50. The van der Waals surface area contributed by atoms with Gasteiger partial charge in [0.1, 0.15) is 11.6 Å². The number of nitrogens with zero attached hydrogens (tertiary/aromatic N) is 1. The molecule has 1 saturated heterocycles. The van der Waals surface area contributed by atoms with E-state index < -0.39 is 29.7 Å². The van der Waals surface area contributed by atoms with Crippen molar-refractivity contribution in [3.63, 3.8) is 0 Å². The zero-order chi connectivity index (χ0) is 19.4. The van der Waals surface area contributed by atoms with Crippen molar-refractivity contribution >= 4 is 17.8 Å². The first kappa shape index (κ1) is 18.6. The lowest BCUT2D eigenvalue weighted by Crippen LogP contribution is -2.36. The molecule has 3 rings (SSSR count). The van der Waals surface area contributed by atoms with Crippen LogP contribution in [0.15, 0.2) is 47.1 Å². The van der Waals surface area contributed by atoms with Crippen molar-refractivity contribution in [2.45, 2.75) is 25.4 Å². The number of rotatable bonds is 7. The smallest absolute Gasteiger partial charge is 0.305 e. The third-order valence-corrected chi connectivity index (χ3v) is 4.48. The van der Waals surface area contributed by atoms with Crippen molar-refractivity contribution in [1.29, 1.82) is 0 Å². The fourth-order valence-corrected chi connectivity index (χ4v) is 3.10. The third-order valence-electron chi connectivity index (χ3n) is 4.48. The minimum atomic E-state index is -1.09. The van der Waals surface area contributed by atoms with Crippen LogP contribution >= 0.6 is 0 Å². The van der Waals surface area contributed by atoms with Crippen LogP contribution in [0, 0.1) is 11.7 Å². The molecule has 2 unspecified atom stereocenters. The Morgan fingerprint density at radius 3 is 2.67 bits per heavy atom. The van der Waals surface area contributed by atoms with Crippen molar-refractivity contribution in [2.24, 2.45) is 5.92 Å². The van der Waals surface area contributed by atoms with Crippen molar-refractivity contribution in [2.75, 3.05) is 6.54 Å². The number of carboxylic acid groups (broad SMARTS) is 1. The number of hydrogen-bond acceptors (Lipinski definition) is 4. The Labute approximate surface area is 154 Å². The molecule has 1 aliphatic heterocycles. The molecular formula is C19H19FN2O5. The Morgan fingerprint density at radius 1 is 1.30 bits per heavy atom. The van der Waals surface area contributed by atoms with E-state index in [1.807, 2.05) is 0 Å². The van der Waals surface area contributed by atoms with E-state index in [0.29, 0.717) is 11.3 Å². The molecule has 2 aromatic rings. The van der Waals surface area contributed by atoms with Gasteiger partial charge in [0.15, 0.2) is 0 Å². The zero-order valence-corrected chi connectivity index (χ0v) is 14.4. The van der Waals surface area contributed by atoms with Crippen molar-refractivity contribution in [3.8, 4) is 0 Å². The van der Waals surface area contributed by atoms with Gasteiger partial charge in [-0.15, -0.1) is 0 Å². The minimum absolute atomic E-state index is 0.0513. The van der Waals surface area contributed by atoms with Crippen LogP contribution in [0.1, 0.15) is 30.2 Å². The Hall–Kier alpha value is -3.16. The van der Waals surface area contributed by atoms with Gasteiger partial charge in [-0.25, -0.2) is 4.39 Å². The molecule has 0 bridgehead atoms. The molecule has 1 aromatic carbocycles. The standard InChI is InChI=1S/C19H19FN2O5/c20-14-5-3-12(4-6-14)16(9-18(24)25)21-19(26)13-8-17(23)22(10-13)11-15-2-1-7-27-15/h1-7,13,16H,8-11H2,(H,21,26)(H,24,25). The molecule has 0 aliphatic carbocycles. The maximum Gasteiger partial charge on any atom is 0.305 e. The van der Waals surface area contributed by atoms with Crippen LogP contribution in [0.4, 0.5) is 4.39 Å². The molecule has 0 saturated carbocycles. The van der Waals surface area contributed by atoms with Crippen LogP contribution in [-0.4, -0.2) is 34.3 Å². The molecule has 2 amide bonds. The molecule has 1 fully saturated rings. The van der Waals surface area contributed by atoms with E-state index in [1.54, 1.807) is 12.1 Å². The molecule has 8 heteroatoms. The van der Waals surface area contributed by atoms with E-state index in [9.17, 15) is 18.8 Å². The maximum absolute atomic E-state index is 13.1. The van der Waals surface area contributed by atoms with Gasteiger partial charge in [0.25, 0.3) is 0 Å². The Bertz CT molecular complexity index is 819. The normalized spacial score (nSPS) is 17.7. The summed E-state index contributed by atoms with van der Waals surface area (Å²) in [7, 11) is 0. The number of amides is 2. The number of benzene rings is 1. The quantitative estimate of drug-likeness (QED) is 0.773. The van der Waals surface area contributed by atoms with Gasteiger partial charge < -0.3 is 19.7 Å². The molecule has 142 valence electrons. The van der Waals surface area contributed by atoms with Crippen LogP contribution in [-0.2, 0) is 20.9 Å². The molecule has 0 radical (unpaired) electrons. The fourth-order valence-electron chi connectivity index (χ4n) is 3.10. The van der Waals surface area contributed by atoms with Gasteiger partial charge in [0, 0.05) is 13.0 Å². The van der Waals surface area contributed by atoms with Crippen LogP contribution in [0.2, 0.25) is 0 Å². The molecular weight excluding hydrogens is 355 g/mol. The van der Waals surface area contributed by atoms with Gasteiger partial charge in [-0.2, -0.15) is 0 Å². The summed E-state index contributed by atoms with van der Waals surface area (Å²) < 4.78 is 18.3. The number of aliphatic carboxylic acids is 1. The van der Waals surface area contributed by atoms with Crippen molar-refractivity contribution < 1.29 is 28.3 Å². The molecule has 2 N–H and O–H groups in total. The molecule has 1 aromatic heterocycles. The SMILES string of the molecule is O=C(O)CC(NC(=O)C1CC(=O)N(Cc2ccco2)C1)c1ccc(F)cc1. The summed E-state index contributed by atoms with van der Waals surface area (Å²) in [6, 6.07) is 7.96. The van der Waals surface area contributed by atoms with Crippen molar-refractivity contribution in [1.82, 2.24) is 10.2 Å². The molecule has 0 spiro atoms. The van der Waals surface area contributed by atoms with E-state index >= 15 is 0 Å². The van der Waals surface area contributed by atoms with Crippen LogP contribution in [0.3, 0.4) is 0 Å². The monoisotopic (exact) mass is 374 g/mol. The van der Waals surface area contributed by atoms with Gasteiger partial charge in [-0.3, -0.25) is 14.4 Å². The summed E-state index contributed by atoms with van der Waals surface area (Å²) in [5.74, 6) is -2.06. The largest absolute Gasteiger partial charge is 0.481 e. The Kier molecular flexibility index (Phi) is 5.54. The second kappa shape index (κ2) is 8.03. The number of carbonyl (C=O) groups excluding carboxylic acids is 2. The summed E-state index contributed by atoms with van der Waals surface area (Å²) in [6.45, 7) is 0.515. The molecule has 7 nitrogen and oxygen atoms in total. The van der Waals surface area contributed by atoms with Gasteiger partial charge in [-0.1, -0.05) is 12.1 Å². The summed E-state index contributed by atoms with van der Waals surface area (Å²) in [5.41, 5.74) is 0.490. The van der Waals surface area contributed by atoms with E-state index in [4.69, 9.17) is 9.52 Å². The predicted octanol–water partition coefficient (Wildman–Crippen LogP) is 2.10. The number of hydrogen-bond donors (Lipinski definition) is 2. The highest BCUT2D eigenvalue weighted by Gasteiger charge is 2.35. The third kappa shape index (κ3) is 4.72. The number of halogens is 1. The lowest BCUT2D eigenvalue weighted by molar-refractivity contribution is -0.138. The summed E-state index contributed by atoms with van der Waals surface area (Å²) in [6.07, 6.45) is 1.23. The Morgan fingerprint density at radius 2 is 2.04 bits per heavy atom. The van der Waals surface area contributed by atoms with E-state index in [1.165, 1.54) is 35.4 Å². The van der Waals surface area contributed by atoms with E-state index in [-0.39, 0.29) is 31.8 Å². The first-order chi connectivity index (χ1) is 12.9. The highest BCUT2D eigenvalue weighted by Crippen LogP contribution is 2.23. The van der Waals surface area contributed by atoms with Gasteiger partial charge in [0.2, 0.25) is 11.8 Å². The number of furan rings is 1. The second-order valence-corrected chi connectivity index (χ2v) is 6.47. The summed E-state index contributed by atoms with van der Waals surface area (Å²) in [4.78, 5) is 37.4. The van der Waals surface area contributed by atoms with E-state index in [2.05, 4.69) is 5.32 Å². The number of carbonyl (C=O) groups is 3. The lowest BCUT2D eigenvalue weighted by Gasteiger charge is -2.20. The topological polar surface area (TPSA) is 99.8 Å². The highest BCUT2D eigenvalue weighted by atomic mass is 19.1. The minimum Gasteiger partial charge on any atom is -0.481 e. The second-order valence-electron chi connectivity index (χ2n) is 6.47. The van der Waals surface area contributed by atoms with Gasteiger partial charge in [-0.05, 0) is 29.8 Å². The first-order valence-electron chi connectivity index (χ1n) is 8.50.